The number of aryl methyl sites for hydroxylation is 1. The van der Waals surface area contributed by atoms with Crippen molar-refractivity contribution in [2.24, 2.45) is 5.73 Å². The molecule has 0 bridgehead atoms. The minimum Gasteiger partial charge on any atom is -0.329 e. The Hall–Kier alpha value is -0.100. The summed E-state index contributed by atoms with van der Waals surface area (Å²) in [4.78, 5) is 6.96. The van der Waals surface area contributed by atoms with Crippen LogP contribution in [0.2, 0.25) is 0 Å². The van der Waals surface area contributed by atoms with Crippen molar-refractivity contribution in [1.29, 1.82) is 0 Å². The summed E-state index contributed by atoms with van der Waals surface area (Å²) in [5.41, 5.74) is 7.41. The van der Waals surface area contributed by atoms with E-state index in [1.165, 1.54) is 30.0 Å². The van der Waals surface area contributed by atoms with Crippen molar-refractivity contribution in [2.45, 2.75) is 31.8 Å². The lowest BCUT2D eigenvalue weighted by Crippen LogP contribution is -2.53. The lowest BCUT2D eigenvalue weighted by molar-refractivity contribution is 0.106. The molecule has 2 rings (SSSR count). The Morgan fingerprint density at radius 1 is 1.47 bits per heavy atom. The van der Waals surface area contributed by atoms with Gasteiger partial charge < -0.3 is 5.73 Å². The summed E-state index contributed by atoms with van der Waals surface area (Å²) in [7, 11) is 2.19. The Morgan fingerprint density at radius 2 is 2.18 bits per heavy atom. The standard InChI is InChI=1S/C12H21N3S2/c1-10-14-11(8-17-10)7-15(2)12(9-13)3-5-16-6-4-12/h8H,3-7,9,13H2,1-2H3. The molecule has 96 valence electrons. The molecule has 0 atom stereocenters. The van der Waals surface area contributed by atoms with E-state index >= 15 is 0 Å². The lowest BCUT2D eigenvalue weighted by Gasteiger charge is -2.43. The predicted octanol–water partition coefficient (Wildman–Crippen LogP) is 2.11. The normalized spacial score (nSPS) is 19.8. The minimum atomic E-state index is 0.197. The molecule has 1 fully saturated rings. The Labute approximate surface area is 112 Å². The lowest BCUT2D eigenvalue weighted by atomic mass is 9.90. The number of nitrogens with two attached hydrogens (primary N) is 1. The van der Waals surface area contributed by atoms with Gasteiger partial charge in [-0.2, -0.15) is 11.8 Å². The summed E-state index contributed by atoms with van der Waals surface area (Å²) >= 11 is 3.77. The molecule has 0 aromatic carbocycles. The molecule has 17 heavy (non-hydrogen) atoms. The molecule has 0 aliphatic carbocycles. The van der Waals surface area contributed by atoms with E-state index in [0.29, 0.717) is 0 Å². The fourth-order valence-corrected chi connectivity index (χ4v) is 4.24. The number of aromatic nitrogens is 1. The second-order valence-electron chi connectivity index (χ2n) is 4.75. The van der Waals surface area contributed by atoms with Crippen LogP contribution in [-0.4, -0.2) is 40.5 Å². The highest BCUT2D eigenvalue weighted by Gasteiger charge is 2.35. The third-order valence-corrected chi connectivity index (χ3v) is 5.49. The van der Waals surface area contributed by atoms with Gasteiger partial charge in [0.1, 0.15) is 0 Å². The van der Waals surface area contributed by atoms with Crippen LogP contribution in [-0.2, 0) is 6.54 Å². The SMILES string of the molecule is Cc1nc(CN(C)C2(CN)CCSCC2)cs1. The maximum atomic E-state index is 6.03. The molecule has 2 heterocycles. The summed E-state index contributed by atoms with van der Waals surface area (Å²) in [6, 6.07) is 0. The van der Waals surface area contributed by atoms with E-state index in [9.17, 15) is 0 Å². The van der Waals surface area contributed by atoms with Crippen molar-refractivity contribution in [3.05, 3.63) is 16.1 Å². The summed E-state index contributed by atoms with van der Waals surface area (Å²) in [6.45, 7) is 3.74. The van der Waals surface area contributed by atoms with E-state index in [2.05, 4.69) is 29.2 Å². The summed E-state index contributed by atoms with van der Waals surface area (Å²) < 4.78 is 0. The molecule has 1 aliphatic rings. The maximum absolute atomic E-state index is 6.03. The monoisotopic (exact) mass is 271 g/mol. The van der Waals surface area contributed by atoms with E-state index in [0.717, 1.165) is 18.1 Å². The zero-order chi connectivity index (χ0) is 12.3. The van der Waals surface area contributed by atoms with Crippen LogP contribution >= 0.6 is 23.1 Å². The van der Waals surface area contributed by atoms with Crippen molar-refractivity contribution >= 4 is 23.1 Å². The average molecular weight is 271 g/mol. The van der Waals surface area contributed by atoms with Crippen LogP contribution in [0, 0.1) is 6.92 Å². The van der Waals surface area contributed by atoms with E-state index in [4.69, 9.17) is 5.73 Å². The number of hydrogen-bond acceptors (Lipinski definition) is 5. The van der Waals surface area contributed by atoms with Crippen LogP contribution in [0.15, 0.2) is 5.38 Å². The molecule has 0 saturated carbocycles. The largest absolute Gasteiger partial charge is 0.329 e. The van der Waals surface area contributed by atoms with E-state index in [1.807, 2.05) is 11.8 Å². The van der Waals surface area contributed by atoms with Crippen LogP contribution in [0.3, 0.4) is 0 Å². The molecule has 1 aliphatic heterocycles. The fourth-order valence-electron chi connectivity index (χ4n) is 2.38. The van der Waals surface area contributed by atoms with E-state index in [1.54, 1.807) is 11.3 Å². The highest BCUT2D eigenvalue weighted by atomic mass is 32.2. The van der Waals surface area contributed by atoms with Gasteiger partial charge in [0.25, 0.3) is 0 Å². The molecule has 0 spiro atoms. The molecular formula is C12H21N3S2. The zero-order valence-electron chi connectivity index (χ0n) is 10.6. The second-order valence-corrected chi connectivity index (χ2v) is 7.04. The van der Waals surface area contributed by atoms with Crippen molar-refractivity contribution in [2.75, 3.05) is 25.1 Å². The van der Waals surface area contributed by atoms with Crippen molar-refractivity contribution < 1.29 is 0 Å². The van der Waals surface area contributed by atoms with Gasteiger partial charge in [-0.15, -0.1) is 11.3 Å². The first-order chi connectivity index (χ1) is 8.16. The van der Waals surface area contributed by atoms with Crippen LogP contribution < -0.4 is 5.73 Å². The third kappa shape index (κ3) is 3.02. The van der Waals surface area contributed by atoms with Crippen LogP contribution in [0.1, 0.15) is 23.5 Å². The third-order valence-electron chi connectivity index (χ3n) is 3.68. The molecule has 3 nitrogen and oxygen atoms in total. The van der Waals surface area contributed by atoms with Crippen LogP contribution in [0.4, 0.5) is 0 Å². The molecular weight excluding hydrogens is 250 g/mol. The Kier molecular flexibility index (Phi) is 4.47. The van der Waals surface area contributed by atoms with Gasteiger partial charge in [0, 0.05) is 24.0 Å². The predicted molar refractivity (Wildman–Crippen MR) is 76.7 cm³/mol. The van der Waals surface area contributed by atoms with Crippen LogP contribution in [0.25, 0.3) is 0 Å². The number of nitrogens with zero attached hydrogens (tertiary/aromatic N) is 2. The van der Waals surface area contributed by atoms with Gasteiger partial charge in [-0.05, 0) is 38.3 Å². The maximum Gasteiger partial charge on any atom is 0.0897 e. The molecule has 1 aromatic rings. The topological polar surface area (TPSA) is 42.2 Å². The van der Waals surface area contributed by atoms with Crippen molar-refractivity contribution in [3.63, 3.8) is 0 Å². The molecule has 5 heteroatoms. The Morgan fingerprint density at radius 3 is 2.71 bits per heavy atom. The van der Waals surface area contributed by atoms with Gasteiger partial charge in [-0.25, -0.2) is 4.98 Å². The van der Waals surface area contributed by atoms with E-state index < -0.39 is 0 Å². The van der Waals surface area contributed by atoms with E-state index in [-0.39, 0.29) is 5.54 Å². The summed E-state index contributed by atoms with van der Waals surface area (Å²) in [6.07, 6.45) is 2.40. The molecule has 1 saturated heterocycles. The Balaban J connectivity index is 2.04. The zero-order valence-corrected chi connectivity index (χ0v) is 12.2. The molecule has 0 unspecified atom stereocenters. The van der Waals surface area contributed by atoms with Gasteiger partial charge >= 0.3 is 0 Å². The second kappa shape index (κ2) is 5.69. The van der Waals surface area contributed by atoms with Gasteiger partial charge in [-0.1, -0.05) is 0 Å². The number of rotatable bonds is 4. The molecule has 2 N–H and O–H groups in total. The number of likely N-dealkylation sites (N-methyl/N-ethyl adjacent to an activating group) is 1. The minimum absolute atomic E-state index is 0.197. The molecule has 0 radical (unpaired) electrons. The van der Waals surface area contributed by atoms with Crippen molar-refractivity contribution in [1.82, 2.24) is 9.88 Å². The number of hydrogen-bond donors (Lipinski definition) is 1. The van der Waals surface area contributed by atoms with Gasteiger partial charge in [-0.3, -0.25) is 4.90 Å². The van der Waals surface area contributed by atoms with Crippen LogP contribution in [0.5, 0.6) is 0 Å². The average Bonchev–Trinajstić information content (AvgIpc) is 2.75. The number of thioether (sulfide) groups is 1. The summed E-state index contributed by atoms with van der Waals surface area (Å²) in [5, 5.41) is 3.31. The van der Waals surface area contributed by atoms with Crippen molar-refractivity contribution in [3.8, 4) is 0 Å². The van der Waals surface area contributed by atoms with Gasteiger partial charge in [0.2, 0.25) is 0 Å². The quantitative estimate of drug-likeness (QED) is 0.911. The first-order valence-electron chi connectivity index (χ1n) is 6.06. The molecule has 1 aromatic heterocycles. The first-order valence-corrected chi connectivity index (χ1v) is 8.10. The van der Waals surface area contributed by atoms with Gasteiger partial charge in [0.05, 0.1) is 10.7 Å². The molecule has 0 amide bonds. The first kappa shape index (κ1) is 13.3. The van der Waals surface area contributed by atoms with Gasteiger partial charge in [0.15, 0.2) is 0 Å². The highest BCUT2D eigenvalue weighted by Crippen LogP contribution is 2.31. The highest BCUT2D eigenvalue weighted by molar-refractivity contribution is 7.99. The smallest absolute Gasteiger partial charge is 0.0897 e. The summed E-state index contributed by atoms with van der Waals surface area (Å²) in [5.74, 6) is 2.47. The fraction of sp³-hybridized carbons (Fsp3) is 0.750. The number of thiazole rings is 1. The Bertz CT molecular complexity index is 358.